The Bertz CT molecular complexity index is 995. The van der Waals surface area contributed by atoms with Crippen LogP contribution in [0, 0.1) is 13.8 Å². The van der Waals surface area contributed by atoms with Crippen LogP contribution in [0.25, 0.3) is 10.7 Å². The van der Waals surface area contributed by atoms with Crippen molar-refractivity contribution in [2.45, 2.75) is 25.2 Å². The molecular weight excluding hydrogens is 374 g/mol. The molecule has 0 radical (unpaired) electrons. The van der Waals surface area contributed by atoms with Crippen molar-refractivity contribution in [3.63, 3.8) is 0 Å². The van der Waals surface area contributed by atoms with Crippen molar-refractivity contribution >= 4 is 21.4 Å². The van der Waals surface area contributed by atoms with Gasteiger partial charge in [-0.15, -0.1) is 11.3 Å². The molecule has 1 aromatic carbocycles. The number of rotatable bonds is 7. The normalized spacial score (nSPS) is 11.7. The highest BCUT2D eigenvalue weighted by atomic mass is 32.2. The first-order valence-corrected chi connectivity index (χ1v) is 10.3. The number of ether oxygens (including phenoxy) is 1. The van der Waals surface area contributed by atoms with Gasteiger partial charge < -0.3 is 9.26 Å². The van der Waals surface area contributed by atoms with Gasteiger partial charge in [-0.05, 0) is 48.6 Å². The van der Waals surface area contributed by atoms with E-state index in [1.807, 2.05) is 24.4 Å². The van der Waals surface area contributed by atoms with Gasteiger partial charge in [-0.2, -0.15) is 4.98 Å². The molecule has 0 amide bonds. The maximum absolute atomic E-state index is 12.6. The number of aryl methyl sites for hydroxylation is 2. The molecule has 138 valence electrons. The largest absolute Gasteiger partial charge is 0.496 e. The van der Waals surface area contributed by atoms with Crippen LogP contribution in [0.5, 0.6) is 5.75 Å². The lowest BCUT2D eigenvalue weighted by atomic mass is 10.1. The Labute approximate surface area is 156 Å². The van der Waals surface area contributed by atoms with Gasteiger partial charge in [0.25, 0.3) is 0 Å². The Kier molecular flexibility index (Phi) is 5.40. The van der Waals surface area contributed by atoms with Gasteiger partial charge in [0.15, 0.2) is 0 Å². The summed E-state index contributed by atoms with van der Waals surface area (Å²) in [7, 11) is -2.08. The molecule has 0 fully saturated rings. The molecule has 1 N–H and O–H groups in total. The van der Waals surface area contributed by atoms with Crippen molar-refractivity contribution < 1.29 is 17.7 Å². The fraction of sp³-hybridized carbons (Fsp3) is 0.294. The Balaban J connectivity index is 1.67. The van der Waals surface area contributed by atoms with Crippen LogP contribution in [0.1, 0.15) is 17.0 Å². The van der Waals surface area contributed by atoms with Gasteiger partial charge in [0.05, 0.1) is 16.9 Å². The molecule has 0 atom stereocenters. The van der Waals surface area contributed by atoms with E-state index >= 15 is 0 Å². The Morgan fingerprint density at radius 3 is 2.77 bits per heavy atom. The van der Waals surface area contributed by atoms with Crippen LogP contribution in [0.3, 0.4) is 0 Å². The number of methoxy groups -OCH3 is 1. The van der Waals surface area contributed by atoms with Crippen LogP contribution in [0.15, 0.2) is 39.1 Å². The topological polar surface area (TPSA) is 94.3 Å². The van der Waals surface area contributed by atoms with Gasteiger partial charge >= 0.3 is 0 Å². The summed E-state index contributed by atoms with van der Waals surface area (Å²) >= 11 is 1.51. The van der Waals surface area contributed by atoms with Gasteiger partial charge in [0.1, 0.15) is 5.75 Å². The highest BCUT2D eigenvalue weighted by Crippen LogP contribution is 2.25. The van der Waals surface area contributed by atoms with Crippen molar-refractivity contribution in [3.8, 4) is 16.5 Å². The molecule has 0 aliphatic heterocycles. The average Bonchev–Trinajstić information content (AvgIpc) is 3.27. The Hall–Kier alpha value is -2.23. The first kappa shape index (κ1) is 18.6. The molecule has 3 rings (SSSR count). The second kappa shape index (κ2) is 7.56. The molecule has 0 bridgehead atoms. The standard InChI is InChI=1S/C17H19N3O4S2/c1-11-10-15(12(2)9-13(11)23-3)26(21,22)18-7-6-16-19-17(20-24-16)14-5-4-8-25-14/h4-5,8-10,18H,6-7H2,1-3H3. The van der Waals surface area contributed by atoms with E-state index in [0.29, 0.717) is 29.4 Å². The summed E-state index contributed by atoms with van der Waals surface area (Å²) in [5, 5.41) is 5.84. The van der Waals surface area contributed by atoms with Crippen molar-refractivity contribution in [1.82, 2.24) is 14.9 Å². The summed E-state index contributed by atoms with van der Waals surface area (Å²) in [6.07, 6.45) is 0.311. The van der Waals surface area contributed by atoms with Crippen molar-refractivity contribution in [1.29, 1.82) is 0 Å². The lowest BCUT2D eigenvalue weighted by molar-refractivity contribution is 0.379. The van der Waals surface area contributed by atoms with E-state index in [4.69, 9.17) is 9.26 Å². The van der Waals surface area contributed by atoms with Gasteiger partial charge in [-0.3, -0.25) is 0 Å². The van der Waals surface area contributed by atoms with Crippen LogP contribution in [-0.2, 0) is 16.4 Å². The molecule has 0 aliphatic carbocycles. The van der Waals surface area contributed by atoms with E-state index < -0.39 is 10.0 Å². The van der Waals surface area contributed by atoms with Crippen molar-refractivity contribution in [2.75, 3.05) is 13.7 Å². The van der Waals surface area contributed by atoms with E-state index in [9.17, 15) is 8.42 Å². The molecule has 9 heteroatoms. The second-order valence-corrected chi connectivity index (χ2v) is 8.41. The smallest absolute Gasteiger partial charge is 0.240 e. The predicted octanol–water partition coefficient (Wildman–Crippen LogP) is 2.94. The van der Waals surface area contributed by atoms with Crippen molar-refractivity contribution in [2.24, 2.45) is 0 Å². The number of thiophene rings is 1. The first-order chi connectivity index (χ1) is 12.4. The lowest BCUT2D eigenvalue weighted by Gasteiger charge is -2.12. The van der Waals surface area contributed by atoms with Gasteiger partial charge in [-0.25, -0.2) is 13.1 Å². The highest BCUT2D eigenvalue weighted by molar-refractivity contribution is 7.89. The van der Waals surface area contributed by atoms with Gasteiger partial charge in [0, 0.05) is 13.0 Å². The Morgan fingerprint density at radius 2 is 2.08 bits per heavy atom. The maximum Gasteiger partial charge on any atom is 0.240 e. The molecule has 0 unspecified atom stereocenters. The Morgan fingerprint density at radius 1 is 1.27 bits per heavy atom. The zero-order valence-electron chi connectivity index (χ0n) is 14.6. The van der Waals surface area contributed by atoms with E-state index in [0.717, 1.165) is 10.4 Å². The second-order valence-electron chi connectivity index (χ2n) is 5.72. The summed E-state index contributed by atoms with van der Waals surface area (Å²) in [6, 6.07) is 7.13. The summed E-state index contributed by atoms with van der Waals surface area (Å²) in [6.45, 7) is 3.71. The SMILES string of the molecule is COc1cc(C)c(S(=O)(=O)NCCc2nc(-c3cccs3)no2)cc1C. The number of benzene rings is 1. The molecular formula is C17H19N3O4S2. The van der Waals surface area contributed by atoms with Crippen LogP contribution in [-0.4, -0.2) is 32.2 Å². The van der Waals surface area contributed by atoms with Crippen LogP contribution in [0.2, 0.25) is 0 Å². The zero-order valence-corrected chi connectivity index (χ0v) is 16.3. The molecule has 3 aromatic rings. The van der Waals surface area contributed by atoms with Crippen LogP contribution >= 0.6 is 11.3 Å². The molecule has 0 aliphatic rings. The average molecular weight is 393 g/mol. The number of sulfonamides is 1. The minimum absolute atomic E-state index is 0.166. The third kappa shape index (κ3) is 3.95. The highest BCUT2D eigenvalue weighted by Gasteiger charge is 2.19. The van der Waals surface area contributed by atoms with Crippen molar-refractivity contribution in [3.05, 3.63) is 46.7 Å². The number of aromatic nitrogens is 2. The van der Waals surface area contributed by atoms with E-state index in [-0.39, 0.29) is 11.4 Å². The summed E-state index contributed by atoms with van der Waals surface area (Å²) in [4.78, 5) is 5.42. The number of nitrogens with one attached hydrogen (secondary N) is 1. The molecule has 26 heavy (non-hydrogen) atoms. The van der Waals surface area contributed by atoms with E-state index in [1.54, 1.807) is 26.2 Å². The number of hydrogen-bond donors (Lipinski definition) is 1. The van der Waals surface area contributed by atoms with Crippen LogP contribution < -0.4 is 9.46 Å². The first-order valence-electron chi connectivity index (χ1n) is 7.92. The quantitative estimate of drug-likeness (QED) is 0.663. The minimum Gasteiger partial charge on any atom is -0.496 e. The third-order valence-electron chi connectivity index (χ3n) is 3.82. The van der Waals surface area contributed by atoms with Gasteiger partial charge in [0.2, 0.25) is 21.7 Å². The maximum atomic E-state index is 12.6. The molecule has 2 heterocycles. The lowest BCUT2D eigenvalue weighted by Crippen LogP contribution is -2.26. The predicted molar refractivity (Wildman–Crippen MR) is 99.0 cm³/mol. The number of nitrogens with zero attached hydrogens (tertiary/aromatic N) is 2. The summed E-state index contributed by atoms with van der Waals surface area (Å²) in [5.74, 6) is 1.56. The van der Waals surface area contributed by atoms with E-state index in [1.165, 1.54) is 11.3 Å². The fourth-order valence-corrected chi connectivity index (χ4v) is 4.50. The van der Waals surface area contributed by atoms with Gasteiger partial charge in [-0.1, -0.05) is 11.2 Å². The minimum atomic E-state index is -3.64. The third-order valence-corrected chi connectivity index (χ3v) is 6.29. The fourth-order valence-electron chi connectivity index (χ4n) is 2.51. The number of hydrogen-bond acceptors (Lipinski definition) is 7. The van der Waals surface area contributed by atoms with E-state index in [2.05, 4.69) is 14.9 Å². The molecule has 0 saturated carbocycles. The molecule has 7 nitrogen and oxygen atoms in total. The summed E-state index contributed by atoms with van der Waals surface area (Å²) < 4.78 is 38.1. The molecule has 2 aromatic heterocycles. The molecule has 0 saturated heterocycles. The van der Waals surface area contributed by atoms with Crippen LogP contribution in [0.4, 0.5) is 0 Å². The zero-order chi connectivity index (χ0) is 18.7. The molecule has 0 spiro atoms. The summed E-state index contributed by atoms with van der Waals surface area (Å²) in [5.41, 5.74) is 1.38. The monoisotopic (exact) mass is 393 g/mol.